The van der Waals surface area contributed by atoms with Gasteiger partial charge in [0.2, 0.25) is 5.95 Å². The van der Waals surface area contributed by atoms with E-state index in [1.54, 1.807) is 10.9 Å². The van der Waals surface area contributed by atoms with Gasteiger partial charge in [0.05, 0.1) is 20.3 Å². The molecular weight excluding hydrogens is 410 g/mol. The van der Waals surface area contributed by atoms with E-state index in [0.29, 0.717) is 54.9 Å². The summed E-state index contributed by atoms with van der Waals surface area (Å²) in [6.07, 6.45) is 9.46. The van der Waals surface area contributed by atoms with Crippen LogP contribution in [0, 0.1) is 6.92 Å². The topological polar surface area (TPSA) is 107 Å². The van der Waals surface area contributed by atoms with Crippen molar-refractivity contribution >= 4 is 34.6 Å². The third-order valence-corrected chi connectivity index (χ3v) is 4.84. The van der Waals surface area contributed by atoms with Gasteiger partial charge in [-0.2, -0.15) is 10.1 Å². The predicted molar refractivity (Wildman–Crippen MR) is 121 cm³/mol. The number of allylic oxidation sites excluding steroid dienone is 2. The SMILES string of the molecule is CCOCCn1nc(C(=O)OC)c2nc(N3C=CC=CC3)nc(Nc3cc(C)ccn3)c21. The molecule has 10 nitrogen and oxygen atoms in total. The van der Waals surface area contributed by atoms with Gasteiger partial charge in [-0.3, -0.25) is 4.68 Å². The lowest BCUT2D eigenvalue weighted by molar-refractivity contribution is 0.0594. The molecule has 0 spiro atoms. The van der Waals surface area contributed by atoms with Crippen LogP contribution in [0.4, 0.5) is 17.6 Å². The summed E-state index contributed by atoms with van der Waals surface area (Å²) in [5.74, 6) is 0.985. The lowest BCUT2D eigenvalue weighted by Crippen LogP contribution is -2.21. The Bertz CT molecular complexity index is 1190. The summed E-state index contributed by atoms with van der Waals surface area (Å²) in [6.45, 7) is 5.95. The highest BCUT2D eigenvalue weighted by atomic mass is 16.5. The maximum absolute atomic E-state index is 12.5. The van der Waals surface area contributed by atoms with E-state index in [0.717, 1.165) is 5.56 Å². The second kappa shape index (κ2) is 9.56. The summed E-state index contributed by atoms with van der Waals surface area (Å²) in [6, 6.07) is 3.83. The first-order chi connectivity index (χ1) is 15.6. The van der Waals surface area contributed by atoms with Crippen molar-refractivity contribution in [1.29, 1.82) is 0 Å². The van der Waals surface area contributed by atoms with Gasteiger partial charge in [0, 0.05) is 25.5 Å². The summed E-state index contributed by atoms with van der Waals surface area (Å²) in [5.41, 5.74) is 2.15. The minimum Gasteiger partial charge on any atom is -0.464 e. The minimum absolute atomic E-state index is 0.124. The Labute approximate surface area is 185 Å². The van der Waals surface area contributed by atoms with Crippen molar-refractivity contribution in [3.63, 3.8) is 0 Å². The Morgan fingerprint density at radius 2 is 2.16 bits per heavy atom. The number of rotatable bonds is 8. The predicted octanol–water partition coefficient (Wildman–Crippen LogP) is 2.99. The van der Waals surface area contributed by atoms with E-state index in [1.807, 2.05) is 55.3 Å². The van der Waals surface area contributed by atoms with Crippen molar-refractivity contribution < 1.29 is 14.3 Å². The van der Waals surface area contributed by atoms with Gasteiger partial charge in [-0.25, -0.2) is 14.8 Å². The van der Waals surface area contributed by atoms with Crippen LogP contribution in [-0.2, 0) is 16.0 Å². The van der Waals surface area contributed by atoms with Gasteiger partial charge in [-0.15, -0.1) is 0 Å². The first-order valence-corrected chi connectivity index (χ1v) is 10.3. The molecule has 3 aromatic rings. The number of esters is 1. The van der Waals surface area contributed by atoms with Crippen LogP contribution in [0.2, 0.25) is 0 Å². The zero-order valence-electron chi connectivity index (χ0n) is 18.3. The highest BCUT2D eigenvalue weighted by molar-refractivity contribution is 6.03. The molecule has 0 unspecified atom stereocenters. The zero-order chi connectivity index (χ0) is 22.5. The highest BCUT2D eigenvalue weighted by Crippen LogP contribution is 2.29. The molecule has 0 bridgehead atoms. The van der Waals surface area contributed by atoms with E-state index < -0.39 is 5.97 Å². The fourth-order valence-electron chi connectivity index (χ4n) is 3.32. The molecule has 1 N–H and O–H groups in total. The lowest BCUT2D eigenvalue weighted by atomic mass is 10.3. The van der Waals surface area contributed by atoms with Crippen LogP contribution in [0.1, 0.15) is 23.0 Å². The average molecular weight is 435 g/mol. The van der Waals surface area contributed by atoms with Gasteiger partial charge in [-0.1, -0.05) is 12.2 Å². The first kappa shape index (κ1) is 21.4. The monoisotopic (exact) mass is 435 g/mol. The maximum atomic E-state index is 12.5. The van der Waals surface area contributed by atoms with E-state index in [-0.39, 0.29) is 5.69 Å². The Morgan fingerprint density at radius 3 is 2.88 bits per heavy atom. The molecule has 166 valence electrons. The third kappa shape index (κ3) is 4.45. The molecular formula is C22H25N7O3. The van der Waals surface area contributed by atoms with Crippen molar-refractivity contribution in [1.82, 2.24) is 24.7 Å². The smallest absolute Gasteiger partial charge is 0.360 e. The molecule has 32 heavy (non-hydrogen) atoms. The number of nitrogens with zero attached hydrogens (tertiary/aromatic N) is 6. The van der Waals surface area contributed by atoms with Gasteiger partial charge >= 0.3 is 5.97 Å². The number of carbonyl (C=O) groups excluding carboxylic acids is 1. The lowest BCUT2D eigenvalue weighted by Gasteiger charge is -2.19. The molecule has 0 saturated carbocycles. The number of anilines is 3. The number of carbonyl (C=O) groups is 1. The maximum Gasteiger partial charge on any atom is 0.360 e. The van der Waals surface area contributed by atoms with E-state index in [1.165, 1.54) is 7.11 Å². The number of hydrogen-bond acceptors (Lipinski definition) is 9. The van der Waals surface area contributed by atoms with Gasteiger partial charge in [0.1, 0.15) is 16.9 Å². The largest absolute Gasteiger partial charge is 0.464 e. The molecule has 0 fully saturated rings. The van der Waals surface area contributed by atoms with Crippen LogP contribution < -0.4 is 10.2 Å². The fraction of sp³-hybridized carbons (Fsp3) is 0.318. The molecule has 1 aliphatic heterocycles. The molecule has 4 heterocycles. The number of aryl methyl sites for hydroxylation is 1. The first-order valence-electron chi connectivity index (χ1n) is 10.3. The second-order valence-electron chi connectivity index (χ2n) is 7.10. The van der Waals surface area contributed by atoms with Crippen LogP contribution in [0.3, 0.4) is 0 Å². The molecule has 10 heteroatoms. The van der Waals surface area contributed by atoms with Gasteiger partial charge in [0.25, 0.3) is 0 Å². The quantitative estimate of drug-likeness (QED) is 0.422. The standard InChI is InChI=1S/C22H25N7O3/c1-4-32-13-12-29-19-17(18(27-29)21(30)31-3)25-22(28-10-6-5-7-11-28)26-20(19)24-16-14-15(2)8-9-23-16/h5-10,14H,4,11-13H2,1-3H3,(H,23,24,25,26). The van der Waals surface area contributed by atoms with E-state index in [4.69, 9.17) is 14.5 Å². The number of hydrogen-bond donors (Lipinski definition) is 1. The Balaban J connectivity index is 1.89. The minimum atomic E-state index is -0.566. The summed E-state index contributed by atoms with van der Waals surface area (Å²) in [5, 5.41) is 7.77. The van der Waals surface area contributed by atoms with Crippen molar-refractivity contribution in [2.45, 2.75) is 20.4 Å². The molecule has 0 atom stereocenters. The number of methoxy groups -OCH3 is 1. The van der Waals surface area contributed by atoms with Crippen molar-refractivity contribution in [2.24, 2.45) is 0 Å². The van der Waals surface area contributed by atoms with E-state index >= 15 is 0 Å². The summed E-state index contributed by atoms with van der Waals surface area (Å²) < 4.78 is 12.1. The summed E-state index contributed by atoms with van der Waals surface area (Å²) in [4.78, 5) is 28.2. The van der Waals surface area contributed by atoms with Crippen molar-refractivity contribution in [2.75, 3.05) is 37.1 Å². The van der Waals surface area contributed by atoms with Gasteiger partial charge < -0.3 is 19.7 Å². The third-order valence-electron chi connectivity index (χ3n) is 4.84. The van der Waals surface area contributed by atoms with Crippen molar-refractivity contribution in [3.05, 3.63) is 54.0 Å². The molecule has 0 amide bonds. The molecule has 4 rings (SSSR count). The number of fused-ring (bicyclic) bond motifs is 1. The number of aromatic nitrogens is 5. The van der Waals surface area contributed by atoms with E-state index in [2.05, 4.69) is 20.4 Å². The normalized spacial score (nSPS) is 13.0. The highest BCUT2D eigenvalue weighted by Gasteiger charge is 2.25. The summed E-state index contributed by atoms with van der Waals surface area (Å²) >= 11 is 0. The van der Waals surface area contributed by atoms with Crippen LogP contribution in [0.15, 0.2) is 42.8 Å². The van der Waals surface area contributed by atoms with Gasteiger partial charge in [0.15, 0.2) is 11.5 Å². The Morgan fingerprint density at radius 1 is 1.28 bits per heavy atom. The molecule has 1 aliphatic rings. The second-order valence-corrected chi connectivity index (χ2v) is 7.10. The molecule has 0 aromatic carbocycles. The average Bonchev–Trinajstić information content (AvgIpc) is 3.18. The fourth-order valence-corrected chi connectivity index (χ4v) is 3.32. The number of ether oxygens (including phenoxy) is 2. The number of nitrogens with one attached hydrogen (secondary N) is 1. The molecule has 0 aliphatic carbocycles. The molecule has 3 aromatic heterocycles. The Kier molecular flexibility index (Phi) is 6.41. The Hall–Kier alpha value is -3.79. The van der Waals surface area contributed by atoms with Crippen LogP contribution in [-0.4, -0.2) is 57.6 Å². The van der Waals surface area contributed by atoms with Crippen molar-refractivity contribution in [3.8, 4) is 0 Å². The molecule has 0 saturated heterocycles. The number of pyridine rings is 1. The van der Waals surface area contributed by atoms with Crippen LogP contribution in [0.25, 0.3) is 11.0 Å². The van der Waals surface area contributed by atoms with Gasteiger partial charge in [-0.05, 0) is 37.6 Å². The van der Waals surface area contributed by atoms with E-state index in [9.17, 15) is 4.79 Å². The van der Waals surface area contributed by atoms with Crippen LogP contribution in [0.5, 0.6) is 0 Å². The van der Waals surface area contributed by atoms with Crippen LogP contribution >= 0.6 is 0 Å². The summed E-state index contributed by atoms with van der Waals surface area (Å²) in [7, 11) is 1.32. The molecule has 0 radical (unpaired) electrons. The zero-order valence-corrected chi connectivity index (χ0v) is 18.3.